The van der Waals surface area contributed by atoms with E-state index in [0.717, 1.165) is 17.0 Å². The van der Waals surface area contributed by atoms with Gasteiger partial charge in [0.1, 0.15) is 5.82 Å². The third kappa shape index (κ3) is 5.48. The van der Waals surface area contributed by atoms with Crippen molar-refractivity contribution in [1.29, 1.82) is 0 Å². The van der Waals surface area contributed by atoms with Crippen LogP contribution in [0.1, 0.15) is 18.0 Å². The van der Waals surface area contributed by atoms with Crippen molar-refractivity contribution in [2.45, 2.75) is 17.4 Å². The van der Waals surface area contributed by atoms with Crippen LogP contribution in [0.2, 0.25) is 20.1 Å². The first-order valence-corrected chi connectivity index (χ1v) is 11.6. The van der Waals surface area contributed by atoms with Crippen molar-refractivity contribution in [1.82, 2.24) is 4.72 Å². The number of hydrogen-bond acceptors (Lipinski definition) is 4. The highest BCUT2D eigenvalue weighted by Gasteiger charge is 2.30. The van der Waals surface area contributed by atoms with Crippen LogP contribution < -0.4 is 9.73 Å². The first-order chi connectivity index (χ1) is 14.9. The summed E-state index contributed by atoms with van der Waals surface area (Å²) in [6.45, 7) is 0.461. The minimum Gasteiger partial charge on any atom is -0.256 e. The SMILES string of the molecule is Fc1ccc(Cl)cc1SNCC1=NN(c2ccc(Cl)cc2Cl)C(c2ccc(Cl)cc2)C1. The molecule has 1 heterocycles. The third-order valence-electron chi connectivity index (χ3n) is 4.74. The van der Waals surface area contributed by atoms with E-state index < -0.39 is 0 Å². The fourth-order valence-corrected chi connectivity index (χ4v) is 4.87. The quantitative estimate of drug-likeness (QED) is 0.337. The zero-order valence-corrected chi connectivity index (χ0v) is 19.8. The van der Waals surface area contributed by atoms with Gasteiger partial charge in [-0.25, -0.2) is 4.39 Å². The average Bonchev–Trinajstić information content (AvgIpc) is 3.15. The van der Waals surface area contributed by atoms with Crippen molar-refractivity contribution in [3.8, 4) is 0 Å². The van der Waals surface area contributed by atoms with Crippen LogP contribution in [0, 0.1) is 5.82 Å². The molecule has 0 saturated carbocycles. The minimum absolute atomic E-state index is 0.0550. The maximum atomic E-state index is 14.0. The largest absolute Gasteiger partial charge is 0.256 e. The molecule has 0 radical (unpaired) electrons. The molecule has 1 aliphatic heterocycles. The van der Waals surface area contributed by atoms with Crippen LogP contribution in [0.15, 0.2) is 70.7 Å². The Morgan fingerprint density at radius 3 is 2.35 bits per heavy atom. The molecule has 4 rings (SSSR count). The lowest BCUT2D eigenvalue weighted by atomic mass is 10.0. The number of halogens is 5. The second kappa shape index (κ2) is 9.99. The lowest BCUT2D eigenvalue weighted by molar-refractivity contribution is 0.601. The van der Waals surface area contributed by atoms with Crippen molar-refractivity contribution in [2.24, 2.45) is 5.10 Å². The molecule has 1 unspecified atom stereocenters. The van der Waals surface area contributed by atoms with Gasteiger partial charge in [-0.05, 0) is 66.0 Å². The number of hydrazone groups is 1. The summed E-state index contributed by atoms with van der Waals surface area (Å²) in [6.07, 6.45) is 0.673. The second-order valence-corrected chi connectivity index (χ2v) is 9.53. The molecule has 0 spiro atoms. The van der Waals surface area contributed by atoms with Crippen LogP contribution in [0.3, 0.4) is 0 Å². The summed E-state index contributed by atoms with van der Waals surface area (Å²) < 4.78 is 17.1. The Kier molecular flexibility index (Phi) is 7.32. The third-order valence-corrected chi connectivity index (χ3v) is 6.58. The zero-order valence-electron chi connectivity index (χ0n) is 16.0. The molecule has 1 atom stereocenters. The fraction of sp³-hybridized carbons (Fsp3) is 0.136. The molecule has 1 N–H and O–H groups in total. The molecule has 0 aliphatic carbocycles. The van der Waals surface area contributed by atoms with Gasteiger partial charge >= 0.3 is 0 Å². The van der Waals surface area contributed by atoms with Gasteiger partial charge < -0.3 is 0 Å². The highest BCUT2D eigenvalue weighted by atomic mass is 35.5. The van der Waals surface area contributed by atoms with E-state index in [0.29, 0.717) is 38.0 Å². The summed E-state index contributed by atoms with van der Waals surface area (Å²) in [4.78, 5) is 0.429. The number of nitrogens with zero attached hydrogens (tertiary/aromatic N) is 2. The Balaban J connectivity index is 1.55. The van der Waals surface area contributed by atoms with Crippen molar-refractivity contribution in [3.05, 3.63) is 92.1 Å². The lowest BCUT2D eigenvalue weighted by Gasteiger charge is -2.25. The summed E-state index contributed by atoms with van der Waals surface area (Å²) in [5.74, 6) is -0.330. The Labute approximate surface area is 204 Å². The van der Waals surface area contributed by atoms with Gasteiger partial charge in [0.15, 0.2) is 0 Å². The van der Waals surface area contributed by atoms with Crippen LogP contribution in [0.5, 0.6) is 0 Å². The Bertz CT molecular complexity index is 1120. The van der Waals surface area contributed by atoms with Crippen molar-refractivity contribution in [3.63, 3.8) is 0 Å². The van der Waals surface area contributed by atoms with Gasteiger partial charge in [0.05, 0.1) is 27.4 Å². The van der Waals surface area contributed by atoms with E-state index in [4.69, 9.17) is 51.5 Å². The molecule has 31 heavy (non-hydrogen) atoms. The van der Waals surface area contributed by atoms with Gasteiger partial charge in [0.25, 0.3) is 0 Å². The number of nitrogens with one attached hydrogen (secondary N) is 1. The molecule has 0 saturated heterocycles. The van der Waals surface area contributed by atoms with Gasteiger partial charge in [-0.15, -0.1) is 0 Å². The smallest absolute Gasteiger partial charge is 0.138 e. The predicted octanol–water partition coefficient (Wildman–Crippen LogP) is 8.04. The molecule has 0 aromatic heterocycles. The van der Waals surface area contributed by atoms with Crippen LogP contribution >= 0.6 is 58.4 Å². The lowest BCUT2D eigenvalue weighted by Crippen LogP contribution is -2.19. The van der Waals surface area contributed by atoms with Crippen molar-refractivity contribution >= 4 is 69.8 Å². The van der Waals surface area contributed by atoms with Crippen molar-refractivity contribution in [2.75, 3.05) is 11.6 Å². The summed E-state index contributed by atoms with van der Waals surface area (Å²) in [7, 11) is 0. The standard InChI is InChI=1S/C22H16Cl4FN3S/c23-14-3-1-13(2-4-14)21-11-17(12-28-31-22-10-16(25)5-7-19(22)27)29-30(21)20-8-6-15(24)9-18(20)26/h1-10,21,28H,11-12H2. The highest BCUT2D eigenvalue weighted by Crippen LogP contribution is 2.40. The molecule has 0 fully saturated rings. The second-order valence-electron chi connectivity index (χ2n) is 6.88. The van der Waals surface area contributed by atoms with E-state index in [1.54, 1.807) is 18.2 Å². The molecule has 1 aliphatic rings. The number of anilines is 1. The maximum absolute atomic E-state index is 14.0. The molecule has 9 heteroatoms. The van der Waals surface area contributed by atoms with Gasteiger partial charge in [0.2, 0.25) is 0 Å². The first-order valence-electron chi connectivity index (χ1n) is 9.31. The monoisotopic (exact) mass is 513 g/mol. The molecular formula is C22H16Cl4FN3S. The van der Waals surface area contributed by atoms with Crippen LogP contribution in [-0.2, 0) is 0 Å². The maximum Gasteiger partial charge on any atom is 0.138 e. The highest BCUT2D eigenvalue weighted by molar-refractivity contribution is 7.97. The topological polar surface area (TPSA) is 27.6 Å². The summed E-state index contributed by atoms with van der Waals surface area (Å²) in [5, 5.41) is 8.91. The molecule has 0 amide bonds. The van der Waals surface area contributed by atoms with Gasteiger partial charge in [0, 0.05) is 28.0 Å². The van der Waals surface area contributed by atoms with Crippen LogP contribution in [0.25, 0.3) is 0 Å². The predicted molar refractivity (Wildman–Crippen MR) is 130 cm³/mol. The Hall–Kier alpha value is -1.47. The molecule has 160 valence electrons. The van der Waals surface area contributed by atoms with Crippen LogP contribution in [-0.4, -0.2) is 12.3 Å². The minimum atomic E-state index is -0.330. The fourth-order valence-electron chi connectivity index (χ4n) is 3.27. The Morgan fingerprint density at radius 1 is 0.935 bits per heavy atom. The van der Waals surface area contributed by atoms with Crippen LogP contribution in [0.4, 0.5) is 10.1 Å². The number of rotatable bonds is 6. The van der Waals surface area contributed by atoms with E-state index in [1.807, 2.05) is 35.3 Å². The summed E-state index contributed by atoms with van der Waals surface area (Å²) in [5.41, 5.74) is 2.72. The number of benzene rings is 3. The molecule has 3 nitrogen and oxygen atoms in total. The van der Waals surface area contributed by atoms with E-state index >= 15 is 0 Å². The van der Waals surface area contributed by atoms with Gasteiger partial charge in [-0.3, -0.25) is 9.73 Å². The van der Waals surface area contributed by atoms with E-state index in [2.05, 4.69) is 4.72 Å². The Morgan fingerprint density at radius 2 is 1.61 bits per heavy atom. The van der Waals surface area contributed by atoms with Gasteiger partial charge in [-0.1, -0.05) is 58.5 Å². The molecule has 0 bridgehead atoms. The average molecular weight is 515 g/mol. The molecule has 3 aromatic rings. The van der Waals surface area contributed by atoms with E-state index in [1.165, 1.54) is 24.1 Å². The molecular weight excluding hydrogens is 499 g/mol. The molecule has 3 aromatic carbocycles. The first kappa shape index (κ1) is 22.7. The zero-order chi connectivity index (χ0) is 22.0. The summed E-state index contributed by atoms with van der Waals surface area (Å²) in [6, 6.07) is 17.4. The van der Waals surface area contributed by atoms with E-state index in [-0.39, 0.29) is 11.9 Å². The van der Waals surface area contributed by atoms with Gasteiger partial charge in [-0.2, -0.15) is 5.10 Å². The normalized spacial score (nSPS) is 16.0. The summed E-state index contributed by atoms with van der Waals surface area (Å²) >= 11 is 25.7. The van der Waals surface area contributed by atoms with E-state index in [9.17, 15) is 4.39 Å². The van der Waals surface area contributed by atoms with Crippen molar-refractivity contribution < 1.29 is 4.39 Å². The number of hydrogen-bond donors (Lipinski definition) is 1.